The second-order valence-corrected chi connectivity index (χ2v) is 6.85. The van der Waals surface area contributed by atoms with Crippen molar-refractivity contribution in [3.8, 4) is 0 Å². The summed E-state index contributed by atoms with van der Waals surface area (Å²) in [6, 6.07) is 23.5. The highest BCUT2D eigenvalue weighted by Gasteiger charge is 2.22. The molecule has 0 bridgehead atoms. The number of carbonyl (C=O) groups is 1. The molecule has 0 radical (unpaired) electrons. The molecule has 116 valence electrons. The zero-order valence-corrected chi connectivity index (χ0v) is 13.5. The minimum absolute atomic E-state index is 0.229. The van der Waals surface area contributed by atoms with Gasteiger partial charge in [0, 0.05) is 22.8 Å². The summed E-state index contributed by atoms with van der Waals surface area (Å²) < 4.78 is 0. The number of benzene rings is 5. The van der Waals surface area contributed by atoms with Crippen LogP contribution in [-0.4, -0.2) is 5.78 Å². The first-order chi connectivity index (χ1) is 12.3. The fraction of sp³-hybridized carbons (Fsp3) is 0.0417. The van der Waals surface area contributed by atoms with Crippen molar-refractivity contribution in [2.45, 2.75) is 6.42 Å². The molecule has 25 heavy (non-hydrogen) atoms. The number of carbonyl (C=O) groups excluding carboxylic acids is 1. The Kier molecular flexibility index (Phi) is 2.34. The van der Waals surface area contributed by atoms with Gasteiger partial charge in [0.2, 0.25) is 0 Å². The molecule has 0 heterocycles. The van der Waals surface area contributed by atoms with Gasteiger partial charge < -0.3 is 0 Å². The van der Waals surface area contributed by atoms with E-state index in [1.54, 1.807) is 0 Å². The Bertz CT molecular complexity index is 1420. The Hall–Kier alpha value is -3.19. The summed E-state index contributed by atoms with van der Waals surface area (Å²) >= 11 is 0. The maximum Gasteiger partial charge on any atom is 0.167 e. The van der Waals surface area contributed by atoms with Gasteiger partial charge in [-0.15, -0.1) is 0 Å². The molecule has 0 aromatic heterocycles. The number of hydrogen-bond acceptors (Lipinski definition) is 1. The van der Waals surface area contributed by atoms with E-state index in [4.69, 9.17) is 0 Å². The Balaban J connectivity index is 2.10. The van der Waals surface area contributed by atoms with Crippen LogP contribution in [0.4, 0.5) is 0 Å². The van der Waals surface area contributed by atoms with E-state index in [0.29, 0.717) is 6.42 Å². The number of Topliss-reactive ketones (excluding diaryl/α,β-unsaturated/α-hetero) is 1. The maximum absolute atomic E-state index is 13.0. The van der Waals surface area contributed by atoms with Gasteiger partial charge in [-0.3, -0.25) is 4.79 Å². The molecule has 5 aromatic rings. The minimum Gasteiger partial charge on any atom is -0.294 e. The van der Waals surface area contributed by atoms with Crippen molar-refractivity contribution in [2.24, 2.45) is 0 Å². The molecule has 0 N–H and O–H groups in total. The molecule has 0 saturated carbocycles. The lowest BCUT2D eigenvalue weighted by atomic mass is 9.83. The van der Waals surface area contributed by atoms with Crippen molar-refractivity contribution >= 4 is 54.9 Å². The molecule has 1 aliphatic carbocycles. The third-order valence-corrected chi connectivity index (χ3v) is 5.58. The number of ketones is 1. The molecule has 0 saturated heterocycles. The van der Waals surface area contributed by atoms with Crippen molar-refractivity contribution in [1.82, 2.24) is 0 Å². The summed E-state index contributed by atoms with van der Waals surface area (Å²) in [7, 11) is 0. The predicted molar refractivity (Wildman–Crippen MR) is 105 cm³/mol. The van der Waals surface area contributed by atoms with Gasteiger partial charge in [-0.2, -0.15) is 0 Å². The van der Waals surface area contributed by atoms with Gasteiger partial charge in [0.25, 0.3) is 0 Å². The van der Waals surface area contributed by atoms with Crippen molar-refractivity contribution in [1.29, 1.82) is 0 Å². The molecule has 0 fully saturated rings. The fourth-order valence-corrected chi connectivity index (χ4v) is 4.53. The van der Waals surface area contributed by atoms with Gasteiger partial charge >= 0.3 is 0 Å². The first-order valence-corrected chi connectivity index (χ1v) is 8.65. The second kappa shape index (κ2) is 4.46. The first-order valence-electron chi connectivity index (χ1n) is 8.65. The first kappa shape index (κ1) is 13.1. The molecule has 0 unspecified atom stereocenters. The standard InChI is InChI=1S/C24H14O/c25-20-13-11-16-9-8-15-5-3-7-18-19-12-10-14-4-1-2-6-17(14)23(19)24(20)22(16)21(15)18/h1-12H,13H2. The van der Waals surface area contributed by atoms with Crippen LogP contribution >= 0.6 is 0 Å². The summed E-state index contributed by atoms with van der Waals surface area (Å²) in [5.74, 6) is 0.229. The van der Waals surface area contributed by atoms with Crippen LogP contribution in [0.3, 0.4) is 0 Å². The van der Waals surface area contributed by atoms with E-state index >= 15 is 0 Å². The lowest BCUT2D eigenvalue weighted by molar-refractivity contribution is 0.100. The molecular formula is C24H14O. The minimum atomic E-state index is 0.229. The molecule has 1 nitrogen and oxygen atoms in total. The van der Waals surface area contributed by atoms with Gasteiger partial charge in [-0.1, -0.05) is 72.8 Å². The lowest BCUT2D eigenvalue weighted by Crippen LogP contribution is -2.15. The van der Waals surface area contributed by atoms with Crippen LogP contribution in [-0.2, 0) is 0 Å². The van der Waals surface area contributed by atoms with Crippen molar-refractivity contribution < 1.29 is 4.79 Å². The number of fused-ring (bicyclic) bond motifs is 5. The highest BCUT2D eigenvalue weighted by Crippen LogP contribution is 2.40. The normalized spacial score (nSPS) is 13.8. The molecule has 1 heteroatoms. The monoisotopic (exact) mass is 318 g/mol. The van der Waals surface area contributed by atoms with Crippen LogP contribution in [0.15, 0.2) is 66.7 Å². The van der Waals surface area contributed by atoms with Gasteiger partial charge in [0.1, 0.15) is 0 Å². The van der Waals surface area contributed by atoms with Gasteiger partial charge in [-0.05, 0) is 37.5 Å². The summed E-state index contributed by atoms with van der Waals surface area (Å²) in [6.07, 6.45) is 2.56. The van der Waals surface area contributed by atoms with E-state index in [1.807, 2.05) is 0 Å². The summed E-state index contributed by atoms with van der Waals surface area (Å²) in [4.78, 5) is 13.0. The quantitative estimate of drug-likeness (QED) is 0.276. The van der Waals surface area contributed by atoms with Crippen LogP contribution < -0.4 is 5.22 Å². The van der Waals surface area contributed by atoms with E-state index in [2.05, 4.69) is 72.8 Å². The predicted octanol–water partition coefficient (Wildman–Crippen LogP) is 5.39. The smallest absolute Gasteiger partial charge is 0.167 e. The van der Waals surface area contributed by atoms with Crippen molar-refractivity contribution in [3.05, 3.63) is 77.5 Å². The molecule has 1 aliphatic rings. The Morgan fingerprint density at radius 3 is 2.32 bits per heavy atom. The van der Waals surface area contributed by atoms with Crippen molar-refractivity contribution in [2.75, 3.05) is 0 Å². The highest BCUT2D eigenvalue weighted by atomic mass is 16.1. The number of rotatable bonds is 0. The lowest BCUT2D eigenvalue weighted by Gasteiger charge is -2.19. The highest BCUT2D eigenvalue weighted by molar-refractivity contribution is 6.34. The Labute approximate surface area is 144 Å². The second-order valence-electron chi connectivity index (χ2n) is 6.85. The van der Waals surface area contributed by atoms with E-state index in [-0.39, 0.29) is 5.78 Å². The third kappa shape index (κ3) is 1.56. The van der Waals surface area contributed by atoms with Gasteiger partial charge in [0.05, 0.1) is 0 Å². The SMILES string of the molecule is O=C1CC=c2ccc3cccc4c5ccc6ccccc6c5c1c2c34. The van der Waals surface area contributed by atoms with Crippen LogP contribution in [0.2, 0.25) is 0 Å². The Morgan fingerprint density at radius 2 is 1.36 bits per heavy atom. The molecule has 5 aromatic carbocycles. The summed E-state index contributed by atoms with van der Waals surface area (Å²) in [5.41, 5.74) is 0.911. The largest absolute Gasteiger partial charge is 0.294 e. The average molecular weight is 318 g/mol. The summed E-state index contributed by atoms with van der Waals surface area (Å²) in [6.45, 7) is 0. The van der Waals surface area contributed by atoms with Crippen LogP contribution in [0.25, 0.3) is 49.2 Å². The van der Waals surface area contributed by atoms with Crippen LogP contribution in [0.5, 0.6) is 0 Å². The topological polar surface area (TPSA) is 17.1 Å². The molecule has 0 atom stereocenters. The van der Waals surface area contributed by atoms with Crippen molar-refractivity contribution in [3.63, 3.8) is 0 Å². The molecular weight excluding hydrogens is 304 g/mol. The fourth-order valence-electron chi connectivity index (χ4n) is 4.53. The maximum atomic E-state index is 13.0. The van der Waals surface area contributed by atoms with E-state index in [1.165, 1.54) is 37.5 Å². The van der Waals surface area contributed by atoms with E-state index in [9.17, 15) is 4.79 Å². The zero-order valence-electron chi connectivity index (χ0n) is 13.5. The molecule has 6 rings (SSSR count). The molecule has 0 amide bonds. The molecule has 0 aliphatic heterocycles. The van der Waals surface area contributed by atoms with Gasteiger partial charge in [0.15, 0.2) is 5.78 Å². The van der Waals surface area contributed by atoms with Crippen LogP contribution in [0.1, 0.15) is 16.8 Å². The summed E-state index contributed by atoms with van der Waals surface area (Å²) in [5, 5.41) is 10.6. The third-order valence-electron chi connectivity index (χ3n) is 5.58. The Morgan fingerprint density at radius 1 is 0.600 bits per heavy atom. The van der Waals surface area contributed by atoms with E-state index in [0.717, 1.165) is 16.3 Å². The number of hydrogen-bond donors (Lipinski definition) is 0. The van der Waals surface area contributed by atoms with Crippen LogP contribution in [0, 0.1) is 0 Å². The average Bonchev–Trinajstić information content (AvgIpc) is 2.67. The van der Waals surface area contributed by atoms with E-state index < -0.39 is 0 Å². The van der Waals surface area contributed by atoms with Gasteiger partial charge in [-0.25, -0.2) is 0 Å². The molecule has 0 spiro atoms. The zero-order chi connectivity index (χ0) is 16.5.